The van der Waals surface area contributed by atoms with Gasteiger partial charge in [0.15, 0.2) is 5.78 Å². The fourth-order valence-corrected chi connectivity index (χ4v) is 5.75. The largest absolute Gasteiger partial charge is 0.497 e. The van der Waals surface area contributed by atoms with E-state index >= 15 is 0 Å². The van der Waals surface area contributed by atoms with Gasteiger partial charge in [0.05, 0.1) is 24.9 Å². The number of cyclic esters (lactones) is 1. The fourth-order valence-electron chi connectivity index (χ4n) is 5.75. The zero-order chi connectivity index (χ0) is 26.9. The molecule has 1 aromatic carbocycles. The summed E-state index contributed by atoms with van der Waals surface area (Å²) in [4.78, 5) is 39.9. The Kier molecular flexibility index (Phi) is 7.96. The van der Waals surface area contributed by atoms with Crippen molar-refractivity contribution < 1.29 is 28.6 Å². The summed E-state index contributed by atoms with van der Waals surface area (Å²) in [7, 11) is 1.64. The molecule has 6 nitrogen and oxygen atoms in total. The van der Waals surface area contributed by atoms with Gasteiger partial charge in [-0.1, -0.05) is 38.1 Å². The van der Waals surface area contributed by atoms with Crippen molar-refractivity contribution in [1.29, 1.82) is 0 Å². The topological polar surface area (TPSA) is 78.9 Å². The van der Waals surface area contributed by atoms with Crippen LogP contribution in [0, 0.1) is 23.2 Å². The second-order valence-corrected chi connectivity index (χ2v) is 11.7. The minimum Gasteiger partial charge on any atom is -0.497 e. The number of ether oxygens (including phenoxy) is 3. The Hall–Kier alpha value is -2.89. The van der Waals surface area contributed by atoms with Gasteiger partial charge in [0.2, 0.25) is 0 Å². The Morgan fingerprint density at radius 3 is 2.59 bits per heavy atom. The fraction of sp³-hybridized carbons (Fsp3) is 0.581. The van der Waals surface area contributed by atoms with Crippen LogP contribution < -0.4 is 4.74 Å². The third-order valence-electron chi connectivity index (χ3n) is 8.07. The van der Waals surface area contributed by atoms with E-state index < -0.39 is 17.4 Å². The Bertz CT molecular complexity index is 1110. The first-order chi connectivity index (χ1) is 17.5. The quantitative estimate of drug-likeness (QED) is 0.464. The smallest absolute Gasteiger partial charge is 0.311 e. The number of carbonyl (C=O) groups excluding carboxylic acids is 3. The number of rotatable bonds is 3. The van der Waals surface area contributed by atoms with E-state index in [1.165, 1.54) is 0 Å². The predicted octanol–water partition coefficient (Wildman–Crippen LogP) is 6.04. The molecule has 1 aliphatic heterocycles. The van der Waals surface area contributed by atoms with Gasteiger partial charge in [-0.15, -0.1) is 0 Å². The second kappa shape index (κ2) is 10.8. The monoisotopic (exact) mass is 508 g/mol. The molecule has 0 spiro atoms. The number of hydrogen-bond donors (Lipinski definition) is 0. The van der Waals surface area contributed by atoms with Gasteiger partial charge in [0, 0.05) is 11.8 Å². The van der Waals surface area contributed by atoms with E-state index in [0.29, 0.717) is 24.8 Å². The van der Waals surface area contributed by atoms with Crippen LogP contribution in [0.5, 0.6) is 5.75 Å². The van der Waals surface area contributed by atoms with Gasteiger partial charge in [-0.3, -0.25) is 14.4 Å². The zero-order valence-electron chi connectivity index (χ0n) is 22.9. The molecule has 6 heteroatoms. The number of methoxy groups -OCH3 is 1. The lowest BCUT2D eigenvalue weighted by Crippen LogP contribution is -2.37. The van der Waals surface area contributed by atoms with Crippen molar-refractivity contribution in [3.05, 3.63) is 47.1 Å². The maximum atomic E-state index is 14.0. The standard InChI is InChI=1S/C31H40O6/c1-7-20-9-8-10-27(37-30(34)31(3,4)5)18(2)29(33)26-16-24-22-14-12-21(35-6)15-19(22)11-13-23(24)25(26)17-28(32)36-20/h11-16,18,20,23-25,27H,7-10,17H2,1-6H3/t18-,20+,23-,24+,25+,27+/m1/s1. The molecule has 200 valence electrons. The summed E-state index contributed by atoms with van der Waals surface area (Å²) in [5, 5.41) is 0. The Morgan fingerprint density at radius 1 is 1.16 bits per heavy atom. The minimum atomic E-state index is -0.659. The molecule has 4 rings (SSSR count). The first-order valence-corrected chi connectivity index (χ1v) is 13.6. The summed E-state index contributed by atoms with van der Waals surface area (Å²) in [6.07, 6.45) is 8.34. The predicted molar refractivity (Wildman–Crippen MR) is 142 cm³/mol. The van der Waals surface area contributed by atoms with Crippen LogP contribution in [-0.2, 0) is 23.9 Å². The van der Waals surface area contributed by atoms with Gasteiger partial charge in [-0.25, -0.2) is 0 Å². The van der Waals surface area contributed by atoms with Crippen LogP contribution in [0.25, 0.3) is 6.08 Å². The van der Waals surface area contributed by atoms with Gasteiger partial charge in [0.25, 0.3) is 0 Å². The Balaban J connectivity index is 1.71. The number of ketones is 1. The van der Waals surface area contributed by atoms with E-state index in [1.54, 1.807) is 7.11 Å². The van der Waals surface area contributed by atoms with Gasteiger partial charge >= 0.3 is 11.9 Å². The highest BCUT2D eigenvalue weighted by molar-refractivity contribution is 5.99. The third-order valence-corrected chi connectivity index (χ3v) is 8.07. The van der Waals surface area contributed by atoms with Crippen molar-refractivity contribution in [2.75, 3.05) is 7.11 Å². The highest BCUT2D eigenvalue weighted by Gasteiger charge is 2.45. The molecule has 0 radical (unpaired) electrons. The highest BCUT2D eigenvalue weighted by atomic mass is 16.5. The van der Waals surface area contributed by atoms with Crippen molar-refractivity contribution in [2.24, 2.45) is 23.2 Å². The molecular weight excluding hydrogens is 468 g/mol. The summed E-state index contributed by atoms with van der Waals surface area (Å²) >= 11 is 0. The average molecular weight is 509 g/mol. The lowest BCUT2D eigenvalue weighted by molar-refractivity contribution is -0.162. The van der Waals surface area contributed by atoms with Gasteiger partial charge in [0.1, 0.15) is 18.0 Å². The Labute approximate surface area is 220 Å². The highest BCUT2D eigenvalue weighted by Crippen LogP contribution is 2.50. The molecular formula is C31H40O6. The van der Waals surface area contributed by atoms with Crippen molar-refractivity contribution in [1.82, 2.24) is 0 Å². The minimum absolute atomic E-state index is 0.0156. The molecule has 0 bridgehead atoms. The van der Waals surface area contributed by atoms with E-state index in [2.05, 4.69) is 12.2 Å². The van der Waals surface area contributed by atoms with Crippen molar-refractivity contribution in [3.63, 3.8) is 0 Å². The van der Waals surface area contributed by atoms with Crippen LogP contribution in [0.4, 0.5) is 0 Å². The number of hydrogen-bond acceptors (Lipinski definition) is 6. The van der Waals surface area contributed by atoms with E-state index in [9.17, 15) is 14.4 Å². The maximum absolute atomic E-state index is 14.0. The second-order valence-electron chi connectivity index (χ2n) is 11.7. The lowest BCUT2D eigenvalue weighted by Gasteiger charge is -2.31. The Morgan fingerprint density at radius 2 is 1.92 bits per heavy atom. The lowest BCUT2D eigenvalue weighted by atomic mass is 9.75. The van der Waals surface area contributed by atoms with Crippen molar-refractivity contribution in [3.8, 4) is 5.75 Å². The molecule has 1 saturated heterocycles. The van der Waals surface area contributed by atoms with Crippen LogP contribution in [-0.4, -0.2) is 37.0 Å². The van der Waals surface area contributed by atoms with Crippen LogP contribution >= 0.6 is 0 Å². The van der Waals surface area contributed by atoms with E-state index in [-0.39, 0.29) is 48.0 Å². The van der Waals surface area contributed by atoms with Gasteiger partial charge in [-0.05, 0) is 81.2 Å². The first kappa shape index (κ1) is 27.2. The third kappa shape index (κ3) is 5.68. The van der Waals surface area contributed by atoms with Crippen LogP contribution in [0.1, 0.15) is 83.8 Å². The molecule has 1 aromatic rings. The van der Waals surface area contributed by atoms with Crippen LogP contribution in [0.3, 0.4) is 0 Å². The molecule has 3 aliphatic rings. The zero-order valence-corrected chi connectivity index (χ0v) is 22.9. The molecule has 1 heterocycles. The SMILES string of the molecule is CC[C@H]1CCC[C@H](OC(=O)C(C)(C)C)[C@@H](C)C(=O)C2=C[C@H]3c4ccc(OC)cc4C=C[C@H]3[C@@H]2CC(=O)O1. The van der Waals surface area contributed by atoms with E-state index in [1.807, 2.05) is 58.9 Å². The molecule has 0 N–H and O–H groups in total. The number of carbonyl (C=O) groups is 3. The number of benzene rings is 1. The molecule has 0 saturated carbocycles. The molecule has 37 heavy (non-hydrogen) atoms. The van der Waals surface area contributed by atoms with Crippen LogP contribution in [0.2, 0.25) is 0 Å². The number of allylic oxidation sites excluding steroid dienone is 3. The number of Topliss-reactive ketones (excluding diaryl/α,β-unsaturated/α-hetero) is 1. The average Bonchev–Trinajstić information content (AvgIpc) is 3.23. The molecule has 1 fully saturated rings. The summed E-state index contributed by atoms with van der Waals surface area (Å²) < 4.78 is 17.2. The molecule has 0 unspecified atom stereocenters. The summed E-state index contributed by atoms with van der Waals surface area (Å²) in [6, 6.07) is 5.98. The van der Waals surface area contributed by atoms with E-state index in [4.69, 9.17) is 14.2 Å². The summed E-state index contributed by atoms with van der Waals surface area (Å²) in [5.41, 5.74) is 2.17. The number of fused-ring (bicyclic) bond motifs is 5. The van der Waals surface area contributed by atoms with E-state index in [0.717, 1.165) is 23.3 Å². The first-order valence-electron chi connectivity index (χ1n) is 13.6. The summed E-state index contributed by atoms with van der Waals surface area (Å²) in [5.74, 6) is -0.648. The van der Waals surface area contributed by atoms with Gasteiger partial charge < -0.3 is 14.2 Å². The molecule has 2 aliphatic carbocycles. The van der Waals surface area contributed by atoms with Crippen molar-refractivity contribution >= 4 is 23.8 Å². The van der Waals surface area contributed by atoms with Gasteiger partial charge in [-0.2, -0.15) is 0 Å². The normalized spacial score (nSPS) is 30.1. The number of esters is 2. The molecule has 6 atom stereocenters. The summed E-state index contributed by atoms with van der Waals surface area (Å²) in [6.45, 7) is 9.34. The maximum Gasteiger partial charge on any atom is 0.311 e. The van der Waals surface area contributed by atoms with Crippen LogP contribution in [0.15, 0.2) is 35.9 Å². The molecule has 0 aromatic heterocycles. The van der Waals surface area contributed by atoms with Crippen molar-refractivity contribution in [2.45, 2.75) is 84.8 Å². The molecule has 0 amide bonds.